The summed E-state index contributed by atoms with van der Waals surface area (Å²) in [6.07, 6.45) is -0.00618. The SMILES string of the molecule is O=C(Cc1ccc(Cl)cc1F)NCc1cccc2ccccc12. The molecule has 0 unspecified atom stereocenters. The molecular weight excluding hydrogens is 313 g/mol. The van der Waals surface area contributed by atoms with E-state index in [2.05, 4.69) is 5.32 Å². The Hall–Kier alpha value is -2.39. The van der Waals surface area contributed by atoms with Gasteiger partial charge in [-0.2, -0.15) is 0 Å². The van der Waals surface area contributed by atoms with E-state index in [9.17, 15) is 9.18 Å². The fourth-order valence-corrected chi connectivity index (χ4v) is 2.70. The summed E-state index contributed by atoms with van der Waals surface area (Å²) in [5, 5.41) is 5.40. The van der Waals surface area contributed by atoms with Crippen LogP contribution in [0.25, 0.3) is 10.8 Å². The van der Waals surface area contributed by atoms with Gasteiger partial charge < -0.3 is 5.32 Å². The van der Waals surface area contributed by atoms with Gasteiger partial charge in [0.1, 0.15) is 5.82 Å². The summed E-state index contributed by atoms with van der Waals surface area (Å²) < 4.78 is 13.7. The first kappa shape index (κ1) is 15.5. The zero-order valence-electron chi connectivity index (χ0n) is 12.4. The summed E-state index contributed by atoms with van der Waals surface area (Å²) in [4.78, 5) is 12.0. The van der Waals surface area contributed by atoms with Gasteiger partial charge in [-0.1, -0.05) is 60.1 Å². The van der Waals surface area contributed by atoms with Crippen LogP contribution in [0.15, 0.2) is 60.7 Å². The van der Waals surface area contributed by atoms with Crippen LogP contribution in [0.3, 0.4) is 0 Å². The third-order valence-electron chi connectivity index (χ3n) is 3.72. The highest BCUT2D eigenvalue weighted by atomic mass is 35.5. The van der Waals surface area contributed by atoms with E-state index < -0.39 is 5.82 Å². The van der Waals surface area contributed by atoms with E-state index in [4.69, 9.17) is 11.6 Å². The Morgan fingerprint density at radius 1 is 1.00 bits per heavy atom. The minimum absolute atomic E-state index is 0.00618. The quantitative estimate of drug-likeness (QED) is 0.751. The average Bonchev–Trinajstić information content (AvgIpc) is 2.55. The normalized spacial score (nSPS) is 10.7. The van der Waals surface area contributed by atoms with Crippen molar-refractivity contribution in [2.45, 2.75) is 13.0 Å². The first-order valence-electron chi connectivity index (χ1n) is 7.31. The van der Waals surface area contributed by atoms with E-state index in [0.29, 0.717) is 17.1 Å². The molecule has 116 valence electrons. The number of halogens is 2. The number of carbonyl (C=O) groups excluding carboxylic acids is 1. The molecule has 0 bridgehead atoms. The summed E-state index contributed by atoms with van der Waals surface area (Å²) >= 11 is 5.71. The van der Waals surface area contributed by atoms with E-state index in [1.165, 1.54) is 12.1 Å². The van der Waals surface area contributed by atoms with Gasteiger partial charge in [0.15, 0.2) is 0 Å². The van der Waals surface area contributed by atoms with Crippen LogP contribution in [-0.2, 0) is 17.8 Å². The van der Waals surface area contributed by atoms with Crippen molar-refractivity contribution in [1.29, 1.82) is 0 Å². The molecule has 1 amide bonds. The Morgan fingerprint density at radius 2 is 1.78 bits per heavy atom. The van der Waals surface area contributed by atoms with Crippen molar-refractivity contribution in [1.82, 2.24) is 5.32 Å². The van der Waals surface area contributed by atoms with Crippen molar-refractivity contribution in [2.24, 2.45) is 0 Å². The Bertz CT molecular complexity index is 858. The number of amides is 1. The fourth-order valence-electron chi connectivity index (χ4n) is 2.54. The lowest BCUT2D eigenvalue weighted by Crippen LogP contribution is -2.25. The number of rotatable bonds is 4. The molecule has 0 aliphatic carbocycles. The first-order chi connectivity index (χ1) is 11.1. The molecule has 3 aromatic rings. The molecule has 4 heteroatoms. The Kier molecular flexibility index (Phi) is 4.58. The molecule has 0 saturated heterocycles. The predicted molar refractivity (Wildman–Crippen MR) is 90.9 cm³/mol. The number of fused-ring (bicyclic) bond motifs is 1. The van der Waals surface area contributed by atoms with E-state index in [1.807, 2.05) is 42.5 Å². The molecule has 0 atom stereocenters. The molecule has 0 radical (unpaired) electrons. The summed E-state index contributed by atoms with van der Waals surface area (Å²) in [6, 6.07) is 18.3. The van der Waals surface area contributed by atoms with E-state index in [-0.39, 0.29) is 12.3 Å². The highest BCUT2D eigenvalue weighted by molar-refractivity contribution is 6.30. The number of hydrogen-bond acceptors (Lipinski definition) is 1. The zero-order valence-corrected chi connectivity index (χ0v) is 13.1. The van der Waals surface area contributed by atoms with Crippen molar-refractivity contribution in [2.75, 3.05) is 0 Å². The molecule has 0 heterocycles. The second kappa shape index (κ2) is 6.80. The molecule has 3 aromatic carbocycles. The minimum atomic E-state index is -0.460. The Morgan fingerprint density at radius 3 is 2.61 bits per heavy atom. The van der Waals surface area contributed by atoms with E-state index >= 15 is 0 Å². The van der Waals surface area contributed by atoms with Crippen LogP contribution in [0.4, 0.5) is 4.39 Å². The number of benzene rings is 3. The maximum absolute atomic E-state index is 13.7. The first-order valence-corrected chi connectivity index (χ1v) is 7.68. The summed E-state index contributed by atoms with van der Waals surface area (Å²) in [5.74, 6) is -0.683. The minimum Gasteiger partial charge on any atom is -0.352 e. The van der Waals surface area contributed by atoms with Crippen molar-refractivity contribution in [3.8, 4) is 0 Å². The molecule has 0 aromatic heterocycles. The molecule has 0 fully saturated rings. The molecule has 0 aliphatic heterocycles. The number of hydrogen-bond donors (Lipinski definition) is 1. The van der Waals surface area contributed by atoms with Gasteiger partial charge in [-0.25, -0.2) is 4.39 Å². The molecule has 2 nitrogen and oxygen atoms in total. The van der Waals surface area contributed by atoms with Crippen LogP contribution >= 0.6 is 11.6 Å². The third kappa shape index (κ3) is 3.69. The molecule has 1 N–H and O–H groups in total. The van der Waals surface area contributed by atoms with E-state index in [0.717, 1.165) is 16.3 Å². The van der Waals surface area contributed by atoms with Gasteiger partial charge in [0.2, 0.25) is 5.91 Å². The zero-order chi connectivity index (χ0) is 16.2. The van der Waals surface area contributed by atoms with Crippen LogP contribution in [0.5, 0.6) is 0 Å². The van der Waals surface area contributed by atoms with Gasteiger partial charge in [0, 0.05) is 11.6 Å². The lowest BCUT2D eigenvalue weighted by Gasteiger charge is -2.09. The summed E-state index contributed by atoms with van der Waals surface area (Å²) in [6.45, 7) is 0.412. The molecule has 23 heavy (non-hydrogen) atoms. The van der Waals surface area contributed by atoms with Gasteiger partial charge in [-0.15, -0.1) is 0 Å². The smallest absolute Gasteiger partial charge is 0.224 e. The monoisotopic (exact) mass is 327 g/mol. The van der Waals surface area contributed by atoms with Gasteiger partial charge in [-0.05, 0) is 34.0 Å². The van der Waals surface area contributed by atoms with Gasteiger partial charge >= 0.3 is 0 Å². The van der Waals surface area contributed by atoms with Crippen LogP contribution in [0.2, 0.25) is 5.02 Å². The van der Waals surface area contributed by atoms with Crippen molar-refractivity contribution in [3.63, 3.8) is 0 Å². The molecule has 0 spiro atoms. The molecule has 0 saturated carbocycles. The van der Waals surface area contributed by atoms with Crippen LogP contribution in [-0.4, -0.2) is 5.91 Å². The van der Waals surface area contributed by atoms with Gasteiger partial charge in [-0.3, -0.25) is 4.79 Å². The largest absolute Gasteiger partial charge is 0.352 e. The average molecular weight is 328 g/mol. The molecular formula is C19H15ClFNO. The maximum Gasteiger partial charge on any atom is 0.224 e. The van der Waals surface area contributed by atoms with Crippen LogP contribution < -0.4 is 5.32 Å². The van der Waals surface area contributed by atoms with E-state index in [1.54, 1.807) is 6.07 Å². The topological polar surface area (TPSA) is 29.1 Å². The number of nitrogens with one attached hydrogen (secondary N) is 1. The van der Waals surface area contributed by atoms with Crippen molar-refractivity contribution < 1.29 is 9.18 Å². The van der Waals surface area contributed by atoms with Crippen LogP contribution in [0.1, 0.15) is 11.1 Å². The Balaban J connectivity index is 1.69. The standard InChI is InChI=1S/C19H15ClFNO/c20-16-9-8-14(18(21)11-16)10-19(23)22-12-15-6-3-5-13-4-1-2-7-17(13)15/h1-9,11H,10,12H2,(H,22,23). The third-order valence-corrected chi connectivity index (χ3v) is 3.96. The number of carbonyl (C=O) groups is 1. The molecule has 3 rings (SSSR count). The Labute approximate surface area is 138 Å². The van der Waals surface area contributed by atoms with Gasteiger partial charge in [0.25, 0.3) is 0 Å². The second-order valence-corrected chi connectivity index (χ2v) is 5.76. The van der Waals surface area contributed by atoms with Crippen LogP contribution in [0, 0.1) is 5.82 Å². The lowest BCUT2D eigenvalue weighted by atomic mass is 10.0. The fraction of sp³-hybridized carbons (Fsp3) is 0.105. The van der Waals surface area contributed by atoms with Gasteiger partial charge in [0.05, 0.1) is 6.42 Å². The lowest BCUT2D eigenvalue weighted by molar-refractivity contribution is -0.120. The second-order valence-electron chi connectivity index (χ2n) is 5.33. The maximum atomic E-state index is 13.7. The summed E-state index contributed by atoms with van der Waals surface area (Å²) in [5.41, 5.74) is 1.37. The van der Waals surface area contributed by atoms with Crippen molar-refractivity contribution in [3.05, 3.63) is 82.6 Å². The van der Waals surface area contributed by atoms with Crippen molar-refractivity contribution >= 4 is 28.3 Å². The highest BCUT2D eigenvalue weighted by Gasteiger charge is 2.09. The highest BCUT2D eigenvalue weighted by Crippen LogP contribution is 2.18. The molecule has 0 aliphatic rings. The summed E-state index contributed by atoms with van der Waals surface area (Å²) in [7, 11) is 0. The predicted octanol–water partition coefficient (Wildman–Crippen LogP) is 4.49.